The average molecular weight is 949 g/mol. The van der Waals surface area contributed by atoms with Crippen molar-refractivity contribution in [1.82, 2.24) is 9.13 Å². The highest BCUT2D eigenvalue weighted by Gasteiger charge is 2.22. The summed E-state index contributed by atoms with van der Waals surface area (Å²) in [5.41, 5.74) is 13.7. The molecule has 0 radical (unpaired) electrons. The molecule has 73 heavy (non-hydrogen) atoms. The minimum absolute atomic E-state index is 1.11. The molecule has 342 valence electrons. The molecule has 12 aromatic carbocycles. The highest BCUT2D eigenvalue weighted by Crippen LogP contribution is 2.49. The maximum atomic E-state index is 2.42. The van der Waals surface area contributed by atoms with Crippen LogP contribution in [-0.4, -0.2) is 9.13 Å². The summed E-state index contributed by atoms with van der Waals surface area (Å²) in [6.45, 7) is 0. The molecule has 5 heteroatoms. The highest BCUT2D eigenvalue weighted by atomic mass is 32.1. The van der Waals surface area contributed by atoms with Crippen molar-refractivity contribution in [2.45, 2.75) is 0 Å². The van der Waals surface area contributed by atoms with Gasteiger partial charge in [-0.15, -0.1) is 11.3 Å². The van der Waals surface area contributed by atoms with E-state index < -0.39 is 0 Å². The van der Waals surface area contributed by atoms with E-state index in [0.29, 0.717) is 0 Å². The number of nitrogens with zero attached hydrogens (tertiary/aromatic N) is 4. The van der Waals surface area contributed by atoms with E-state index in [1.165, 1.54) is 85.3 Å². The minimum Gasteiger partial charge on any atom is -0.310 e. The van der Waals surface area contributed by atoms with E-state index in [-0.39, 0.29) is 0 Å². The first kappa shape index (κ1) is 41.4. The van der Waals surface area contributed by atoms with Crippen molar-refractivity contribution >= 4 is 131 Å². The van der Waals surface area contributed by atoms with E-state index in [1.54, 1.807) is 0 Å². The largest absolute Gasteiger partial charge is 0.310 e. The molecule has 0 unspecified atom stereocenters. The zero-order valence-electron chi connectivity index (χ0n) is 39.6. The number of para-hydroxylation sites is 6. The molecule has 0 spiro atoms. The van der Waals surface area contributed by atoms with E-state index in [2.05, 4.69) is 286 Å². The predicted octanol–water partition coefficient (Wildman–Crippen LogP) is 19.5. The maximum Gasteiger partial charge on any atom is 0.0542 e. The summed E-state index contributed by atoms with van der Waals surface area (Å²) in [7, 11) is 0. The van der Waals surface area contributed by atoms with Crippen molar-refractivity contribution in [1.29, 1.82) is 0 Å². The van der Waals surface area contributed by atoms with E-state index >= 15 is 0 Å². The van der Waals surface area contributed by atoms with Crippen molar-refractivity contribution in [2.75, 3.05) is 9.80 Å². The summed E-state index contributed by atoms with van der Waals surface area (Å²) in [4.78, 5) is 4.83. The predicted molar refractivity (Wildman–Crippen MR) is 312 cm³/mol. The van der Waals surface area contributed by atoms with Crippen LogP contribution in [0, 0.1) is 0 Å². The van der Waals surface area contributed by atoms with Gasteiger partial charge in [0.2, 0.25) is 0 Å². The first-order valence-electron chi connectivity index (χ1n) is 24.9. The molecule has 0 amide bonds. The molecule has 0 aliphatic rings. The summed E-state index contributed by atoms with van der Waals surface area (Å²) in [5, 5.41) is 12.5. The molecule has 0 aliphatic carbocycles. The lowest BCUT2D eigenvalue weighted by atomic mass is 9.96. The molecule has 0 aliphatic heterocycles. The van der Waals surface area contributed by atoms with Gasteiger partial charge in [-0.2, -0.15) is 0 Å². The van der Waals surface area contributed by atoms with Gasteiger partial charge in [-0.05, 0) is 137 Å². The van der Waals surface area contributed by atoms with E-state index in [4.69, 9.17) is 0 Å². The molecule has 0 saturated heterocycles. The lowest BCUT2D eigenvalue weighted by Gasteiger charge is -2.26. The molecule has 4 nitrogen and oxygen atoms in total. The molecule has 15 aromatic rings. The average Bonchev–Trinajstić information content (AvgIpc) is 4.12. The van der Waals surface area contributed by atoms with Gasteiger partial charge < -0.3 is 18.9 Å². The summed E-state index contributed by atoms with van der Waals surface area (Å²) in [5.74, 6) is 0. The second kappa shape index (κ2) is 16.6. The number of aromatic nitrogens is 2. The Balaban J connectivity index is 0.896. The van der Waals surface area contributed by atoms with Crippen molar-refractivity contribution in [3.63, 3.8) is 0 Å². The quantitative estimate of drug-likeness (QED) is 0.141. The Bertz CT molecular complexity index is 4610. The van der Waals surface area contributed by atoms with Crippen molar-refractivity contribution in [2.24, 2.45) is 0 Å². The summed E-state index contributed by atoms with van der Waals surface area (Å²) in [6.07, 6.45) is 0. The molecule has 3 heterocycles. The van der Waals surface area contributed by atoms with Crippen LogP contribution in [0.5, 0.6) is 0 Å². The Hall–Kier alpha value is -9.42. The van der Waals surface area contributed by atoms with Crippen LogP contribution in [0.2, 0.25) is 0 Å². The molecule has 0 N–H and O–H groups in total. The first-order chi connectivity index (χ1) is 36.2. The molecule has 0 atom stereocenters. The Morgan fingerprint density at radius 3 is 1.15 bits per heavy atom. The van der Waals surface area contributed by atoms with Gasteiger partial charge in [-0.1, -0.05) is 146 Å². The van der Waals surface area contributed by atoms with Crippen LogP contribution in [0.4, 0.5) is 34.1 Å². The van der Waals surface area contributed by atoms with E-state index in [1.807, 2.05) is 11.3 Å². The SMILES string of the molecule is c1ccc(N(c2ccc3c(c2)sc2c4ccc(N(c5ccccc5)c5ccc6c(c5)c5ccccc5n6-c5ccccc5)cc4c4ccccc4c32)c2ccc3c(c2)c2ccccc2n3-c2ccccc2)cc1. The fraction of sp³-hybridized carbons (Fsp3) is 0. The van der Waals surface area contributed by atoms with Gasteiger partial charge in [0, 0.05) is 92.6 Å². The Labute approximate surface area is 425 Å². The molecular formula is C68H44N4S. The second-order valence-electron chi connectivity index (χ2n) is 18.9. The van der Waals surface area contributed by atoms with Gasteiger partial charge in [0.1, 0.15) is 0 Å². The van der Waals surface area contributed by atoms with Crippen LogP contribution in [0.25, 0.3) is 96.7 Å². The standard InChI is InChI=1S/C68H44N4S/c1-5-19-45(20-6-1)69(50-35-39-64-60(42-50)54-28-15-17-31-62(54)71(64)47-23-9-3-10-24-47)49-33-37-57-59(41-49)53-27-13-14-30-56(53)67-58-38-34-52(44-66(58)73-68(57)67)70(46-21-7-2-8-22-46)51-36-40-65-61(43-51)55-29-16-18-32-63(55)72(65)48-25-11-4-12-26-48/h1-44H. The van der Waals surface area contributed by atoms with Crippen molar-refractivity contribution in [3.8, 4) is 11.4 Å². The normalized spacial score (nSPS) is 11.8. The number of fused-ring (bicyclic) bond motifs is 14. The van der Waals surface area contributed by atoms with Gasteiger partial charge in [0.15, 0.2) is 0 Å². The summed E-state index contributed by atoms with van der Waals surface area (Å²) < 4.78 is 7.32. The van der Waals surface area contributed by atoms with Gasteiger partial charge in [0.05, 0.1) is 22.1 Å². The number of anilines is 6. The monoisotopic (exact) mass is 948 g/mol. The first-order valence-corrected chi connectivity index (χ1v) is 25.7. The van der Waals surface area contributed by atoms with Gasteiger partial charge >= 0.3 is 0 Å². The number of thiophene rings is 1. The maximum absolute atomic E-state index is 2.42. The molecule has 0 saturated carbocycles. The number of hydrogen-bond donors (Lipinski definition) is 0. The van der Waals surface area contributed by atoms with Crippen LogP contribution in [0.3, 0.4) is 0 Å². The number of hydrogen-bond acceptors (Lipinski definition) is 3. The third-order valence-corrected chi connectivity index (χ3v) is 16.0. The zero-order chi connectivity index (χ0) is 48.0. The fourth-order valence-corrected chi connectivity index (χ4v) is 13.0. The Morgan fingerprint density at radius 1 is 0.247 bits per heavy atom. The van der Waals surface area contributed by atoms with Gasteiger partial charge in [-0.3, -0.25) is 0 Å². The van der Waals surface area contributed by atoms with Crippen LogP contribution in [0.15, 0.2) is 267 Å². The summed E-state index contributed by atoms with van der Waals surface area (Å²) >= 11 is 1.90. The lowest BCUT2D eigenvalue weighted by molar-refractivity contribution is 1.18. The van der Waals surface area contributed by atoms with Crippen LogP contribution >= 0.6 is 11.3 Å². The number of benzene rings is 12. The third kappa shape index (κ3) is 6.53. The Kier molecular flexibility index (Phi) is 9.41. The topological polar surface area (TPSA) is 16.3 Å². The molecule has 0 fully saturated rings. The smallest absolute Gasteiger partial charge is 0.0542 e. The van der Waals surface area contributed by atoms with E-state index in [0.717, 1.165) is 45.5 Å². The lowest BCUT2D eigenvalue weighted by Crippen LogP contribution is -2.09. The Morgan fingerprint density at radius 2 is 0.630 bits per heavy atom. The van der Waals surface area contributed by atoms with Crippen LogP contribution in [0.1, 0.15) is 0 Å². The molecule has 0 bridgehead atoms. The zero-order valence-corrected chi connectivity index (χ0v) is 40.4. The second-order valence-corrected chi connectivity index (χ2v) is 19.9. The molecule has 3 aromatic heterocycles. The summed E-state index contributed by atoms with van der Waals surface area (Å²) in [6, 6.07) is 97.5. The highest BCUT2D eigenvalue weighted by molar-refractivity contribution is 7.27. The molecule has 15 rings (SSSR count). The van der Waals surface area contributed by atoms with Crippen molar-refractivity contribution in [3.05, 3.63) is 267 Å². The third-order valence-electron chi connectivity index (χ3n) is 14.8. The van der Waals surface area contributed by atoms with Crippen LogP contribution in [-0.2, 0) is 0 Å². The van der Waals surface area contributed by atoms with Gasteiger partial charge in [0.25, 0.3) is 0 Å². The fourth-order valence-electron chi connectivity index (χ4n) is 11.7. The van der Waals surface area contributed by atoms with Crippen LogP contribution < -0.4 is 9.80 Å². The van der Waals surface area contributed by atoms with Gasteiger partial charge in [-0.25, -0.2) is 0 Å². The number of rotatable bonds is 8. The van der Waals surface area contributed by atoms with Crippen molar-refractivity contribution < 1.29 is 0 Å². The van der Waals surface area contributed by atoms with E-state index in [9.17, 15) is 0 Å². The molecular weight excluding hydrogens is 905 g/mol. The minimum atomic E-state index is 1.11.